The summed E-state index contributed by atoms with van der Waals surface area (Å²) in [7, 11) is -0.100. The minimum atomic E-state index is -0.100. The number of rotatable bonds is 7. The summed E-state index contributed by atoms with van der Waals surface area (Å²) in [5.74, 6) is 0. The number of benzene rings is 2. The quantitative estimate of drug-likeness (QED) is 0.426. The highest BCUT2D eigenvalue weighted by atomic mass is 31.1. The van der Waals surface area contributed by atoms with Gasteiger partial charge in [0, 0.05) is 17.9 Å². The molecular weight excluding hydrogens is 321 g/mol. The Labute approximate surface area is 153 Å². The molecule has 0 N–H and O–H groups in total. The molecule has 3 aromatic rings. The van der Waals surface area contributed by atoms with E-state index in [1.165, 1.54) is 40.9 Å². The van der Waals surface area contributed by atoms with E-state index in [2.05, 4.69) is 98.3 Å². The molecule has 2 heteroatoms. The first kappa shape index (κ1) is 18.0. The second-order valence-electron chi connectivity index (χ2n) is 6.98. The van der Waals surface area contributed by atoms with Crippen LogP contribution in [0.25, 0.3) is 0 Å². The average molecular weight is 349 g/mol. The molecule has 1 aromatic heterocycles. The minimum absolute atomic E-state index is 0.100. The second kappa shape index (κ2) is 8.50. The van der Waals surface area contributed by atoms with Gasteiger partial charge in [0.2, 0.25) is 0 Å². The SMILES string of the molecule is Cc1ccn(C(C)CP(Cc2ccccc2)Cc2ccccc2)c1C. The predicted octanol–water partition coefficient (Wildman–Crippen LogP) is 6.55. The Morgan fingerprint density at radius 2 is 1.32 bits per heavy atom. The summed E-state index contributed by atoms with van der Waals surface area (Å²) in [6.07, 6.45) is 5.92. The summed E-state index contributed by atoms with van der Waals surface area (Å²) in [6, 6.07) is 24.7. The van der Waals surface area contributed by atoms with Crippen LogP contribution in [-0.4, -0.2) is 10.7 Å². The Bertz CT molecular complexity index is 735. The Balaban J connectivity index is 1.76. The molecule has 0 amide bonds. The lowest BCUT2D eigenvalue weighted by Gasteiger charge is -2.24. The van der Waals surface area contributed by atoms with Gasteiger partial charge in [-0.2, -0.15) is 0 Å². The third-order valence-electron chi connectivity index (χ3n) is 4.94. The summed E-state index contributed by atoms with van der Waals surface area (Å²) in [5, 5.41) is 0. The molecule has 25 heavy (non-hydrogen) atoms. The molecule has 0 aliphatic carbocycles. The van der Waals surface area contributed by atoms with E-state index in [1.807, 2.05) is 0 Å². The second-order valence-corrected chi connectivity index (χ2v) is 9.32. The van der Waals surface area contributed by atoms with E-state index in [0.717, 1.165) is 0 Å². The van der Waals surface area contributed by atoms with Crippen molar-refractivity contribution in [3.05, 3.63) is 95.3 Å². The predicted molar refractivity (Wildman–Crippen MR) is 111 cm³/mol. The van der Waals surface area contributed by atoms with Gasteiger partial charge in [0.15, 0.2) is 0 Å². The van der Waals surface area contributed by atoms with Gasteiger partial charge >= 0.3 is 0 Å². The van der Waals surface area contributed by atoms with Crippen molar-refractivity contribution < 1.29 is 0 Å². The van der Waals surface area contributed by atoms with Gasteiger partial charge in [-0.05, 0) is 62.0 Å². The molecule has 1 atom stereocenters. The number of nitrogens with zero attached hydrogens (tertiary/aromatic N) is 1. The maximum absolute atomic E-state index is 2.46. The van der Waals surface area contributed by atoms with Crippen molar-refractivity contribution in [1.29, 1.82) is 0 Å². The van der Waals surface area contributed by atoms with Crippen molar-refractivity contribution in [1.82, 2.24) is 4.57 Å². The van der Waals surface area contributed by atoms with Crippen LogP contribution in [0.15, 0.2) is 72.9 Å². The van der Waals surface area contributed by atoms with Crippen molar-refractivity contribution in [3.8, 4) is 0 Å². The van der Waals surface area contributed by atoms with Gasteiger partial charge in [0.25, 0.3) is 0 Å². The van der Waals surface area contributed by atoms with Crippen molar-refractivity contribution in [2.24, 2.45) is 0 Å². The summed E-state index contributed by atoms with van der Waals surface area (Å²) in [6.45, 7) is 6.82. The fourth-order valence-corrected chi connectivity index (χ4v) is 6.18. The molecule has 3 rings (SSSR count). The fourth-order valence-electron chi connectivity index (χ4n) is 3.44. The Morgan fingerprint density at radius 3 is 1.76 bits per heavy atom. The number of hydrogen-bond donors (Lipinski definition) is 0. The van der Waals surface area contributed by atoms with E-state index in [-0.39, 0.29) is 7.92 Å². The normalized spacial score (nSPS) is 12.5. The third kappa shape index (κ3) is 4.83. The Hall–Kier alpha value is -1.85. The first-order chi connectivity index (χ1) is 12.1. The van der Waals surface area contributed by atoms with Gasteiger partial charge in [-0.1, -0.05) is 68.6 Å². The molecule has 0 aliphatic heterocycles. The molecule has 0 radical (unpaired) electrons. The van der Waals surface area contributed by atoms with Gasteiger partial charge in [0.05, 0.1) is 0 Å². The van der Waals surface area contributed by atoms with Gasteiger partial charge < -0.3 is 4.57 Å². The highest BCUT2D eigenvalue weighted by Crippen LogP contribution is 2.46. The largest absolute Gasteiger partial charge is 0.348 e. The average Bonchev–Trinajstić information content (AvgIpc) is 2.96. The first-order valence-corrected chi connectivity index (χ1v) is 11.0. The lowest BCUT2D eigenvalue weighted by molar-refractivity contribution is 0.592. The number of hydrogen-bond acceptors (Lipinski definition) is 0. The Morgan fingerprint density at radius 1 is 0.800 bits per heavy atom. The van der Waals surface area contributed by atoms with Crippen LogP contribution in [0.2, 0.25) is 0 Å². The summed E-state index contributed by atoms with van der Waals surface area (Å²) in [5.41, 5.74) is 5.73. The number of aryl methyl sites for hydroxylation is 1. The van der Waals surface area contributed by atoms with Gasteiger partial charge in [-0.15, -0.1) is 0 Å². The van der Waals surface area contributed by atoms with Gasteiger partial charge in [-0.3, -0.25) is 0 Å². The monoisotopic (exact) mass is 349 g/mol. The maximum Gasteiger partial charge on any atom is 0.0344 e. The van der Waals surface area contributed by atoms with E-state index in [4.69, 9.17) is 0 Å². The molecule has 0 fully saturated rings. The van der Waals surface area contributed by atoms with E-state index < -0.39 is 0 Å². The van der Waals surface area contributed by atoms with E-state index in [9.17, 15) is 0 Å². The van der Waals surface area contributed by atoms with E-state index in [1.54, 1.807) is 0 Å². The van der Waals surface area contributed by atoms with Crippen LogP contribution in [0.4, 0.5) is 0 Å². The van der Waals surface area contributed by atoms with Crippen LogP contribution < -0.4 is 0 Å². The van der Waals surface area contributed by atoms with Crippen molar-refractivity contribution in [2.75, 3.05) is 6.16 Å². The smallest absolute Gasteiger partial charge is 0.0344 e. The highest BCUT2D eigenvalue weighted by Gasteiger charge is 2.16. The standard InChI is InChI=1S/C23H28NP/c1-19-14-15-24(21(19)3)20(2)16-25(17-22-10-6-4-7-11-22)18-23-12-8-5-9-13-23/h4-15,20H,16-18H2,1-3H3. The van der Waals surface area contributed by atoms with Crippen molar-refractivity contribution >= 4 is 7.92 Å². The topological polar surface area (TPSA) is 4.93 Å². The third-order valence-corrected chi connectivity index (χ3v) is 7.61. The molecule has 0 saturated heterocycles. The summed E-state index contributed by atoms with van der Waals surface area (Å²) >= 11 is 0. The zero-order chi connectivity index (χ0) is 17.6. The van der Waals surface area contributed by atoms with Crippen LogP contribution in [0, 0.1) is 13.8 Å². The van der Waals surface area contributed by atoms with Crippen LogP contribution in [0.1, 0.15) is 35.3 Å². The molecule has 0 spiro atoms. The zero-order valence-electron chi connectivity index (χ0n) is 15.5. The van der Waals surface area contributed by atoms with Crippen LogP contribution in [0.3, 0.4) is 0 Å². The first-order valence-electron chi connectivity index (χ1n) is 9.07. The van der Waals surface area contributed by atoms with Crippen molar-refractivity contribution in [2.45, 2.75) is 39.1 Å². The molecule has 130 valence electrons. The molecule has 1 unspecified atom stereocenters. The van der Waals surface area contributed by atoms with Crippen LogP contribution in [-0.2, 0) is 12.3 Å². The molecule has 1 nitrogen and oxygen atoms in total. The summed E-state index contributed by atoms with van der Waals surface area (Å²) < 4.78 is 2.46. The molecular formula is C23H28NP. The number of aromatic nitrogens is 1. The fraction of sp³-hybridized carbons (Fsp3) is 0.304. The van der Waals surface area contributed by atoms with Gasteiger partial charge in [-0.25, -0.2) is 0 Å². The lowest BCUT2D eigenvalue weighted by atomic mass is 10.2. The van der Waals surface area contributed by atoms with Crippen molar-refractivity contribution in [3.63, 3.8) is 0 Å². The van der Waals surface area contributed by atoms with Crippen LogP contribution in [0.5, 0.6) is 0 Å². The molecule has 0 saturated carbocycles. The minimum Gasteiger partial charge on any atom is -0.348 e. The molecule has 2 aromatic carbocycles. The van der Waals surface area contributed by atoms with E-state index in [0.29, 0.717) is 6.04 Å². The van der Waals surface area contributed by atoms with Gasteiger partial charge in [0.1, 0.15) is 0 Å². The zero-order valence-corrected chi connectivity index (χ0v) is 16.4. The van der Waals surface area contributed by atoms with E-state index >= 15 is 0 Å². The maximum atomic E-state index is 2.46. The Kier molecular flexibility index (Phi) is 6.10. The lowest BCUT2D eigenvalue weighted by Crippen LogP contribution is -2.11. The van der Waals surface area contributed by atoms with Crippen LogP contribution >= 0.6 is 7.92 Å². The molecule has 0 aliphatic rings. The molecule has 1 heterocycles. The highest BCUT2D eigenvalue weighted by molar-refractivity contribution is 7.56. The molecule has 0 bridgehead atoms. The summed E-state index contributed by atoms with van der Waals surface area (Å²) in [4.78, 5) is 0.